The summed E-state index contributed by atoms with van der Waals surface area (Å²) in [6.45, 7) is 9.49. The molecule has 0 saturated carbocycles. The lowest BCUT2D eigenvalue weighted by atomic mass is 9.92. The molecule has 1 aromatic heterocycles. The van der Waals surface area contributed by atoms with Gasteiger partial charge in [-0.2, -0.15) is 5.10 Å². The molecule has 1 unspecified atom stereocenters. The van der Waals surface area contributed by atoms with Gasteiger partial charge in [0.05, 0.1) is 6.20 Å². The zero-order valence-electron chi connectivity index (χ0n) is 9.65. The molecule has 1 heterocycles. The van der Waals surface area contributed by atoms with Crippen molar-refractivity contribution in [3.8, 4) is 0 Å². The van der Waals surface area contributed by atoms with E-state index in [1.165, 1.54) is 17.7 Å². The van der Waals surface area contributed by atoms with Gasteiger partial charge < -0.3 is 0 Å². The van der Waals surface area contributed by atoms with E-state index in [0.29, 0.717) is 6.04 Å². The van der Waals surface area contributed by atoms with Crippen LogP contribution in [-0.4, -0.2) is 34.2 Å². The monoisotopic (exact) mass is 217 g/mol. The van der Waals surface area contributed by atoms with Gasteiger partial charge in [0, 0.05) is 31.2 Å². The number of nitrogens with zero attached hydrogens (tertiary/aromatic N) is 2. The molecule has 16 heavy (non-hydrogen) atoms. The molecule has 1 atom stereocenters. The second-order valence-electron chi connectivity index (χ2n) is 4.30. The van der Waals surface area contributed by atoms with E-state index in [4.69, 9.17) is 0 Å². The highest BCUT2D eigenvalue weighted by Crippen LogP contribution is 2.22. The van der Waals surface area contributed by atoms with E-state index < -0.39 is 0 Å². The number of aromatic amines is 1. The number of fused-ring (bicyclic) bond motifs is 1. The zero-order chi connectivity index (χ0) is 11.4. The standard InChI is InChI=1S/C13H19N3/c1-3-7-16(8-4-2)12-6-5-11-10-14-15-13(11)9-12/h3-4,10,12H,1-2,5-9H2,(H,14,15). The van der Waals surface area contributed by atoms with Gasteiger partial charge in [-0.15, -0.1) is 13.2 Å². The third-order valence-electron chi connectivity index (χ3n) is 3.24. The molecule has 0 aliphatic heterocycles. The van der Waals surface area contributed by atoms with Crippen LogP contribution in [0.4, 0.5) is 0 Å². The molecule has 0 saturated heterocycles. The van der Waals surface area contributed by atoms with Crippen molar-refractivity contribution in [3.05, 3.63) is 42.8 Å². The Balaban J connectivity index is 2.05. The number of hydrogen-bond acceptors (Lipinski definition) is 2. The number of hydrogen-bond donors (Lipinski definition) is 1. The summed E-state index contributed by atoms with van der Waals surface area (Å²) in [4.78, 5) is 2.42. The van der Waals surface area contributed by atoms with E-state index in [9.17, 15) is 0 Å². The molecule has 1 aliphatic rings. The first-order valence-corrected chi connectivity index (χ1v) is 5.82. The Bertz CT molecular complexity index is 357. The molecule has 3 nitrogen and oxygen atoms in total. The molecular weight excluding hydrogens is 198 g/mol. The topological polar surface area (TPSA) is 31.9 Å². The Labute approximate surface area is 96.9 Å². The second-order valence-corrected chi connectivity index (χ2v) is 4.30. The highest BCUT2D eigenvalue weighted by Gasteiger charge is 2.23. The van der Waals surface area contributed by atoms with Crippen LogP contribution in [-0.2, 0) is 12.8 Å². The average molecular weight is 217 g/mol. The third-order valence-corrected chi connectivity index (χ3v) is 3.24. The summed E-state index contributed by atoms with van der Waals surface area (Å²) < 4.78 is 0. The largest absolute Gasteiger partial charge is 0.293 e. The molecule has 0 spiro atoms. The number of aromatic nitrogens is 2. The summed E-state index contributed by atoms with van der Waals surface area (Å²) in [7, 11) is 0. The van der Waals surface area contributed by atoms with E-state index in [1.54, 1.807) is 0 Å². The quantitative estimate of drug-likeness (QED) is 0.764. The molecule has 1 N–H and O–H groups in total. The average Bonchev–Trinajstić information content (AvgIpc) is 2.75. The molecule has 0 bridgehead atoms. The molecule has 1 aromatic rings. The Kier molecular flexibility index (Phi) is 3.57. The van der Waals surface area contributed by atoms with Crippen molar-refractivity contribution < 1.29 is 0 Å². The minimum absolute atomic E-state index is 0.587. The van der Waals surface area contributed by atoms with E-state index in [-0.39, 0.29) is 0 Å². The number of rotatable bonds is 5. The maximum atomic E-state index is 4.11. The van der Waals surface area contributed by atoms with Gasteiger partial charge in [-0.05, 0) is 18.4 Å². The first-order valence-electron chi connectivity index (χ1n) is 5.82. The number of nitrogens with one attached hydrogen (secondary N) is 1. The van der Waals surface area contributed by atoms with Gasteiger partial charge >= 0.3 is 0 Å². The third kappa shape index (κ3) is 2.25. The van der Waals surface area contributed by atoms with Gasteiger partial charge in [0.2, 0.25) is 0 Å². The molecule has 0 amide bonds. The SMILES string of the molecule is C=CCN(CC=C)C1CCc2cn[nH]c2C1. The van der Waals surface area contributed by atoms with Gasteiger partial charge in [0.25, 0.3) is 0 Å². The van der Waals surface area contributed by atoms with Crippen LogP contribution in [0.2, 0.25) is 0 Å². The maximum absolute atomic E-state index is 4.11. The minimum Gasteiger partial charge on any atom is -0.293 e. The van der Waals surface area contributed by atoms with E-state index in [1.807, 2.05) is 18.3 Å². The minimum atomic E-state index is 0.587. The lowest BCUT2D eigenvalue weighted by molar-refractivity contribution is 0.218. The predicted octanol–water partition coefficient (Wildman–Crippen LogP) is 1.94. The fraction of sp³-hybridized carbons (Fsp3) is 0.462. The van der Waals surface area contributed by atoms with Crippen molar-refractivity contribution in [1.82, 2.24) is 15.1 Å². The summed E-state index contributed by atoms with van der Waals surface area (Å²) in [6, 6.07) is 0.587. The van der Waals surface area contributed by atoms with Crippen LogP contribution in [0.15, 0.2) is 31.5 Å². The van der Waals surface area contributed by atoms with Gasteiger partial charge in [0.1, 0.15) is 0 Å². The van der Waals surface area contributed by atoms with E-state index >= 15 is 0 Å². The van der Waals surface area contributed by atoms with Crippen molar-refractivity contribution >= 4 is 0 Å². The number of H-pyrrole nitrogens is 1. The van der Waals surface area contributed by atoms with E-state index in [0.717, 1.165) is 25.9 Å². The smallest absolute Gasteiger partial charge is 0.0522 e. The Morgan fingerprint density at radius 3 is 2.88 bits per heavy atom. The normalized spacial score (nSPS) is 19.4. The molecule has 3 heteroatoms. The van der Waals surface area contributed by atoms with Crippen LogP contribution in [0.25, 0.3) is 0 Å². The van der Waals surface area contributed by atoms with E-state index in [2.05, 4.69) is 28.3 Å². The summed E-state index contributed by atoms with van der Waals surface area (Å²) in [6.07, 6.45) is 9.28. The Morgan fingerprint density at radius 1 is 1.44 bits per heavy atom. The Hall–Kier alpha value is -1.35. The molecule has 0 aromatic carbocycles. The van der Waals surface area contributed by atoms with Crippen molar-refractivity contribution in [3.63, 3.8) is 0 Å². The first-order chi connectivity index (χ1) is 7.85. The summed E-state index contributed by atoms with van der Waals surface area (Å²) in [5.41, 5.74) is 2.68. The molecule has 86 valence electrons. The van der Waals surface area contributed by atoms with Crippen LogP contribution >= 0.6 is 0 Å². The molecule has 2 rings (SSSR count). The van der Waals surface area contributed by atoms with Crippen LogP contribution in [0, 0.1) is 0 Å². The van der Waals surface area contributed by atoms with Crippen molar-refractivity contribution in [1.29, 1.82) is 0 Å². The molecular formula is C13H19N3. The van der Waals surface area contributed by atoms with Gasteiger partial charge in [-0.1, -0.05) is 12.2 Å². The summed E-state index contributed by atoms with van der Waals surface area (Å²) in [5, 5.41) is 7.20. The van der Waals surface area contributed by atoms with Crippen molar-refractivity contribution in [2.24, 2.45) is 0 Å². The fourth-order valence-corrected chi connectivity index (χ4v) is 2.41. The fourth-order valence-electron chi connectivity index (χ4n) is 2.41. The molecule has 1 aliphatic carbocycles. The summed E-state index contributed by atoms with van der Waals surface area (Å²) >= 11 is 0. The first kappa shape index (κ1) is 11.1. The van der Waals surface area contributed by atoms with Crippen LogP contribution in [0.3, 0.4) is 0 Å². The van der Waals surface area contributed by atoms with Gasteiger partial charge in [0.15, 0.2) is 0 Å². The molecule has 0 radical (unpaired) electrons. The van der Waals surface area contributed by atoms with Crippen LogP contribution in [0.5, 0.6) is 0 Å². The highest BCUT2D eigenvalue weighted by molar-refractivity contribution is 5.21. The maximum Gasteiger partial charge on any atom is 0.0522 e. The van der Waals surface area contributed by atoms with Gasteiger partial charge in [-0.25, -0.2) is 0 Å². The number of aryl methyl sites for hydroxylation is 1. The molecule has 0 fully saturated rings. The second kappa shape index (κ2) is 5.12. The Morgan fingerprint density at radius 2 is 2.19 bits per heavy atom. The van der Waals surface area contributed by atoms with Crippen LogP contribution < -0.4 is 0 Å². The highest BCUT2D eigenvalue weighted by atomic mass is 15.2. The predicted molar refractivity (Wildman–Crippen MR) is 66.4 cm³/mol. The van der Waals surface area contributed by atoms with Crippen molar-refractivity contribution in [2.45, 2.75) is 25.3 Å². The lowest BCUT2D eigenvalue weighted by Gasteiger charge is -2.32. The zero-order valence-corrected chi connectivity index (χ0v) is 9.65. The lowest BCUT2D eigenvalue weighted by Crippen LogP contribution is -2.39. The summed E-state index contributed by atoms with van der Waals surface area (Å²) in [5.74, 6) is 0. The van der Waals surface area contributed by atoms with Crippen molar-refractivity contribution in [2.75, 3.05) is 13.1 Å². The van der Waals surface area contributed by atoms with Crippen LogP contribution in [0.1, 0.15) is 17.7 Å². The van der Waals surface area contributed by atoms with Gasteiger partial charge in [-0.3, -0.25) is 10.00 Å².